The summed E-state index contributed by atoms with van der Waals surface area (Å²) in [4.78, 5) is 4.12. The molecule has 0 radical (unpaired) electrons. The van der Waals surface area contributed by atoms with Crippen LogP contribution in [0.5, 0.6) is 0 Å². The molecule has 0 saturated carbocycles. The second-order valence-electron chi connectivity index (χ2n) is 4.66. The third-order valence-electron chi connectivity index (χ3n) is 2.32. The maximum atomic E-state index is 4.90. The van der Waals surface area contributed by atoms with Gasteiger partial charge < -0.3 is 9.84 Å². The van der Waals surface area contributed by atoms with Crippen LogP contribution in [0.3, 0.4) is 0 Å². The van der Waals surface area contributed by atoms with Gasteiger partial charge in [-0.3, -0.25) is 0 Å². The molecule has 18 heavy (non-hydrogen) atoms. The van der Waals surface area contributed by atoms with Crippen LogP contribution in [0.25, 0.3) is 0 Å². The fraction of sp³-hybridized carbons (Fsp3) is 0.636. The van der Waals surface area contributed by atoms with Crippen molar-refractivity contribution in [3.8, 4) is 0 Å². The molecular formula is C11H18N6O. The van der Waals surface area contributed by atoms with Crippen LogP contribution < -0.4 is 5.32 Å². The minimum absolute atomic E-state index is 0.481. The summed E-state index contributed by atoms with van der Waals surface area (Å²) in [6.45, 7) is 8.28. The van der Waals surface area contributed by atoms with Crippen LogP contribution in [-0.4, -0.2) is 31.7 Å². The zero-order valence-electron chi connectivity index (χ0n) is 10.9. The minimum atomic E-state index is 0.481. The monoisotopic (exact) mass is 250 g/mol. The average molecular weight is 250 g/mol. The van der Waals surface area contributed by atoms with Gasteiger partial charge in [0.2, 0.25) is 5.89 Å². The standard InChI is InChI=1S/C11H18N6O/c1-8(2)4-12-5-10-6-17(16-14-10)7-11-13-9(3)18-15-11/h6,8,12H,4-5,7H2,1-3H3. The van der Waals surface area contributed by atoms with Crippen LogP contribution in [-0.2, 0) is 13.1 Å². The zero-order valence-corrected chi connectivity index (χ0v) is 10.9. The molecular weight excluding hydrogens is 232 g/mol. The quantitative estimate of drug-likeness (QED) is 0.815. The predicted octanol–water partition coefficient (Wildman–Crippen LogP) is 0.763. The van der Waals surface area contributed by atoms with E-state index in [-0.39, 0.29) is 0 Å². The number of nitrogens with zero attached hydrogens (tertiary/aromatic N) is 5. The van der Waals surface area contributed by atoms with E-state index in [4.69, 9.17) is 4.52 Å². The molecule has 0 bridgehead atoms. The number of hydrogen-bond donors (Lipinski definition) is 1. The van der Waals surface area contributed by atoms with E-state index < -0.39 is 0 Å². The Morgan fingerprint density at radius 2 is 2.28 bits per heavy atom. The maximum absolute atomic E-state index is 4.90. The van der Waals surface area contributed by atoms with Crippen LogP contribution in [0.1, 0.15) is 31.3 Å². The van der Waals surface area contributed by atoms with Crippen LogP contribution in [0, 0.1) is 12.8 Å². The molecule has 7 heteroatoms. The first kappa shape index (κ1) is 12.7. The zero-order chi connectivity index (χ0) is 13.0. The molecule has 0 aliphatic rings. The van der Waals surface area contributed by atoms with Crippen molar-refractivity contribution in [2.24, 2.45) is 5.92 Å². The highest BCUT2D eigenvalue weighted by Gasteiger charge is 2.06. The van der Waals surface area contributed by atoms with Crippen molar-refractivity contribution >= 4 is 0 Å². The number of nitrogens with one attached hydrogen (secondary N) is 1. The minimum Gasteiger partial charge on any atom is -0.340 e. The summed E-state index contributed by atoms with van der Waals surface area (Å²) >= 11 is 0. The molecule has 2 heterocycles. The van der Waals surface area contributed by atoms with E-state index in [0.29, 0.717) is 24.2 Å². The first-order chi connectivity index (χ1) is 8.63. The molecule has 1 N–H and O–H groups in total. The van der Waals surface area contributed by atoms with E-state index in [2.05, 4.69) is 39.6 Å². The van der Waals surface area contributed by atoms with Gasteiger partial charge in [0.1, 0.15) is 6.54 Å². The summed E-state index contributed by atoms with van der Waals surface area (Å²) in [6, 6.07) is 0. The van der Waals surface area contributed by atoms with Crippen molar-refractivity contribution in [1.82, 2.24) is 30.5 Å². The van der Waals surface area contributed by atoms with Crippen molar-refractivity contribution in [1.29, 1.82) is 0 Å². The Balaban J connectivity index is 1.86. The van der Waals surface area contributed by atoms with Gasteiger partial charge in [-0.05, 0) is 12.5 Å². The smallest absolute Gasteiger partial charge is 0.223 e. The van der Waals surface area contributed by atoms with Gasteiger partial charge in [0.05, 0.1) is 11.9 Å². The first-order valence-corrected chi connectivity index (χ1v) is 6.02. The molecule has 0 saturated heterocycles. The molecule has 0 amide bonds. The van der Waals surface area contributed by atoms with Gasteiger partial charge in [-0.2, -0.15) is 4.98 Å². The van der Waals surface area contributed by atoms with Gasteiger partial charge in [0.25, 0.3) is 0 Å². The van der Waals surface area contributed by atoms with Crippen molar-refractivity contribution in [3.63, 3.8) is 0 Å². The highest BCUT2D eigenvalue weighted by atomic mass is 16.5. The van der Waals surface area contributed by atoms with Crippen LogP contribution in [0.2, 0.25) is 0 Å². The molecule has 2 aromatic rings. The molecule has 2 aromatic heterocycles. The van der Waals surface area contributed by atoms with E-state index >= 15 is 0 Å². The Morgan fingerprint density at radius 3 is 2.94 bits per heavy atom. The Labute approximate surface area is 106 Å². The maximum Gasteiger partial charge on any atom is 0.223 e. The van der Waals surface area contributed by atoms with E-state index in [1.54, 1.807) is 11.6 Å². The average Bonchev–Trinajstić information content (AvgIpc) is 2.89. The van der Waals surface area contributed by atoms with E-state index in [1.165, 1.54) is 0 Å². The Hall–Kier alpha value is -1.76. The molecule has 0 fully saturated rings. The highest BCUT2D eigenvalue weighted by molar-refractivity contribution is 4.94. The van der Waals surface area contributed by atoms with Gasteiger partial charge in [-0.1, -0.05) is 24.2 Å². The van der Waals surface area contributed by atoms with E-state index in [1.807, 2.05) is 6.20 Å². The molecule has 98 valence electrons. The van der Waals surface area contributed by atoms with Gasteiger partial charge in [0.15, 0.2) is 5.82 Å². The molecule has 0 aliphatic carbocycles. The van der Waals surface area contributed by atoms with E-state index in [0.717, 1.165) is 18.8 Å². The summed E-state index contributed by atoms with van der Waals surface area (Å²) in [7, 11) is 0. The van der Waals surface area contributed by atoms with Crippen molar-refractivity contribution < 1.29 is 4.52 Å². The lowest BCUT2D eigenvalue weighted by molar-refractivity contribution is 0.385. The second-order valence-corrected chi connectivity index (χ2v) is 4.66. The number of aromatic nitrogens is 5. The second kappa shape index (κ2) is 5.72. The third-order valence-corrected chi connectivity index (χ3v) is 2.32. The van der Waals surface area contributed by atoms with Crippen molar-refractivity contribution in [2.75, 3.05) is 6.54 Å². The van der Waals surface area contributed by atoms with Crippen molar-refractivity contribution in [2.45, 2.75) is 33.9 Å². The van der Waals surface area contributed by atoms with Gasteiger partial charge in [0, 0.05) is 13.5 Å². The molecule has 0 unspecified atom stereocenters. The van der Waals surface area contributed by atoms with Crippen LogP contribution in [0.15, 0.2) is 10.7 Å². The normalized spacial score (nSPS) is 11.3. The van der Waals surface area contributed by atoms with Crippen molar-refractivity contribution in [3.05, 3.63) is 23.6 Å². The number of rotatable bonds is 6. The predicted molar refractivity (Wildman–Crippen MR) is 64.7 cm³/mol. The molecule has 0 aromatic carbocycles. The van der Waals surface area contributed by atoms with Gasteiger partial charge >= 0.3 is 0 Å². The Morgan fingerprint density at radius 1 is 1.44 bits per heavy atom. The summed E-state index contributed by atoms with van der Waals surface area (Å²) in [5.41, 5.74) is 0.913. The topological polar surface area (TPSA) is 81.7 Å². The lowest BCUT2D eigenvalue weighted by Crippen LogP contribution is -2.19. The third kappa shape index (κ3) is 3.63. The van der Waals surface area contributed by atoms with Gasteiger partial charge in [-0.15, -0.1) is 5.10 Å². The Kier molecular flexibility index (Phi) is 4.03. The van der Waals surface area contributed by atoms with E-state index in [9.17, 15) is 0 Å². The summed E-state index contributed by atoms with van der Waals surface area (Å²) in [6.07, 6.45) is 1.89. The molecule has 0 aliphatic heterocycles. The van der Waals surface area contributed by atoms with Crippen LogP contribution >= 0.6 is 0 Å². The molecule has 0 spiro atoms. The number of hydrogen-bond acceptors (Lipinski definition) is 6. The lowest BCUT2D eigenvalue weighted by Gasteiger charge is -2.04. The largest absolute Gasteiger partial charge is 0.340 e. The SMILES string of the molecule is Cc1nc(Cn2cc(CNCC(C)C)nn2)no1. The molecule has 0 atom stereocenters. The molecule has 7 nitrogen and oxygen atoms in total. The van der Waals surface area contributed by atoms with Crippen LogP contribution in [0.4, 0.5) is 0 Å². The first-order valence-electron chi connectivity index (χ1n) is 6.02. The fourth-order valence-corrected chi connectivity index (χ4v) is 1.54. The fourth-order valence-electron chi connectivity index (χ4n) is 1.54. The Bertz CT molecular complexity index is 489. The molecule has 2 rings (SSSR count). The summed E-state index contributed by atoms with van der Waals surface area (Å²) in [5, 5.41) is 15.2. The number of aryl methyl sites for hydroxylation is 1. The highest BCUT2D eigenvalue weighted by Crippen LogP contribution is 1.99. The van der Waals surface area contributed by atoms with Gasteiger partial charge in [-0.25, -0.2) is 4.68 Å². The lowest BCUT2D eigenvalue weighted by atomic mass is 10.2. The summed E-state index contributed by atoms with van der Waals surface area (Å²) in [5.74, 6) is 1.80. The summed E-state index contributed by atoms with van der Waals surface area (Å²) < 4.78 is 6.60.